The van der Waals surface area contributed by atoms with Gasteiger partial charge >= 0.3 is 0 Å². The molecule has 0 aliphatic carbocycles. The van der Waals surface area contributed by atoms with Crippen molar-refractivity contribution in [1.29, 1.82) is 0 Å². The lowest BCUT2D eigenvalue weighted by atomic mass is 10.2. The average Bonchev–Trinajstić information content (AvgIpc) is 2.05. The smallest absolute Gasteiger partial charge is 0.188 e. The maximum atomic E-state index is 5.52. The van der Waals surface area contributed by atoms with E-state index in [9.17, 15) is 0 Å². The number of nitrogens with two attached hydrogens (primary N) is 1. The Kier molecular flexibility index (Phi) is 6.47. The third-order valence-corrected chi connectivity index (χ3v) is 1.60. The van der Waals surface area contributed by atoms with Gasteiger partial charge in [-0.25, -0.2) is 0 Å². The van der Waals surface area contributed by atoms with Gasteiger partial charge < -0.3 is 15.8 Å². The first-order valence-corrected chi connectivity index (χ1v) is 4.22. The molecule has 1 unspecified atom stereocenters. The summed E-state index contributed by atoms with van der Waals surface area (Å²) in [7, 11) is 3.35. The van der Waals surface area contributed by atoms with Crippen LogP contribution in [0.3, 0.4) is 0 Å². The summed E-state index contributed by atoms with van der Waals surface area (Å²) in [6, 6.07) is 0.281. The van der Waals surface area contributed by atoms with Gasteiger partial charge in [-0.1, -0.05) is 13.3 Å². The van der Waals surface area contributed by atoms with E-state index in [2.05, 4.69) is 17.2 Å². The van der Waals surface area contributed by atoms with E-state index >= 15 is 0 Å². The zero-order valence-electron chi connectivity index (χ0n) is 8.13. The Hall–Kier alpha value is -0.770. The molecule has 0 aromatic heterocycles. The molecule has 0 aliphatic rings. The summed E-state index contributed by atoms with van der Waals surface area (Å²) >= 11 is 0. The second kappa shape index (κ2) is 6.91. The van der Waals surface area contributed by atoms with Crippen LogP contribution in [0.2, 0.25) is 0 Å². The number of hydrogen-bond acceptors (Lipinski definition) is 2. The van der Waals surface area contributed by atoms with Gasteiger partial charge in [-0.05, 0) is 6.42 Å². The van der Waals surface area contributed by atoms with E-state index in [0.29, 0.717) is 12.6 Å². The number of nitrogens with zero attached hydrogens (tertiary/aromatic N) is 1. The van der Waals surface area contributed by atoms with E-state index < -0.39 is 0 Å². The van der Waals surface area contributed by atoms with Gasteiger partial charge in [-0.15, -0.1) is 0 Å². The summed E-state index contributed by atoms with van der Waals surface area (Å²) in [5.41, 5.74) is 5.52. The fourth-order valence-electron chi connectivity index (χ4n) is 1.02. The minimum Gasteiger partial charge on any atom is -0.383 e. The van der Waals surface area contributed by atoms with Gasteiger partial charge in [0.05, 0.1) is 12.6 Å². The molecule has 3 N–H and O–H groups in total. The molecule has 0 amide bonds. The first-order chi connectivity index (χ1) is 5.74. The van der Waals surface area contributed by atoms with Crippen LogP contribution in [0, 0.1) is 0 Å². The average molecular weight is 173 g/mol. The number of nitrogens with one attached hydrogen (secondary N) is 1. The predicted molar refractivity (Wildman–Crippen MR) is 51.3 cm³/mol. The quantitative estimate of drug-likeness (QED) is 0.465. The first-order valence-electron chi connectivity index (χ1n) is 4.22. The second-order valence-corrected chi connectivity index (χ2v) is 2.69. The minimum absolute atomic E-state index is 0.281. The maximum Gasteiger partial charge on any atom is 0.188 e. The van der Waals surface area contributed by atoms with Gasteiger partial charge in [0.15, 0.2) is 5.96 Å². The third-order valence-electron chi connectivity index (χ3n) is 1.60. The zero-order chi connectivity index (χ0) is 9.40. The molecule has 0 spiro atoms. The summed E-state index contributed by atoms with van der Waals surface area (Å²) in [4.78, 5) is 3.82. The van der Waals surface area contributed by atoms with Crippen LogP contribution in [0.1, 0.15) is 19.8 Å². The van der Waals surface area contributed by atoms with Gasteiger partial charge in [0.2, 0.25) is 0 Å². The second-order valence-electron chi connectivity index (χ2n) is 2.69. The molecule has 4 nitrogen and oxygen atoms in total. The van der Waals surface area contributed by atoms with Crippen LogP contribution in [-0.2, 0) is 4.74 Å². The molecule has 0 fully saturated rings. The molecule has 12 heavy (non-hydrogen) atoms. The van der Waals surface area contributed by atoms with Crippen molar-refractivity contribution >= 4 is 5.96 Å². The largest absolute Gasteiger partial charge is 0.383 e. The number of guanidine groups is 1. The Bertz CT molecular complexity index is 130. The molecule has 0 saturated heterocycles. The summed E-state index contributed by atoms with van der Waals surface area (Å²) in [5, 5.41) is 3.07. The van der Waals surface area contributed by atoms with Crippen molar-refractivity contribution in [2.75, 3.05) is 20.8 Å². The highest BCUT2D eigenvalue weighted by molar-refractivity contribution is 5.77. The van der Waals surface area contributed by atoms with E-state index in [4.69, 9.17) is 10.5 Å². The number of aliphatic imine (C=N–C) groups is 1. The molecule has 0 radical (unpaired) electrons. The van der Waals surface area contributed by atoms with Gasteiger partial charge in [0.25, 0.3) is 0 Å². The van der Waals surface area contributed by atoms with Gasteiger partial charge in [-0.2, -0.15) is 0 Å². The lowest BCUT2D eigenvalue weighted by molar-refractivity contribution is 0.170. The summed E-state index contributed by atoms with van der Waals surface area (Å²) in [5.74, 6) is 0.477. The Labute approximate surface area is 74.2 Å². The summed E-state index contributed by atoms with van der Waals surface area (Å²) in [6.07, 6.45) is 2.15. The normalized spacial score (nSPS) is 14.4. The molecule has 0 aromatic rings. The van der Waals surface area contributed by atoms with E-state index in [1.165, 1.54) is 0 Å². The Morgan fingerprint density at radius 3 is 2.75 bits per heavy atom. The fraction of sp³-hybridized carbons (Fsp3) is 0.875. The Morgan fingerprint density at radius 2 is 2.33 bits per heavy atom. The van der Waals surface area contributed by atoms with Crippen LogP contribution < -0.4 is 11.1 Å². The summed E-state index contributed by atoms with van der Waals surface area (Å²) in [6.45, 7) is 2.80. The molecule has 0 bridgehead atoms. The van der Waals surface area contributed by atoms with Crippen molar-refractivity contribution in [2.45, 2.75) is 25.8 Å². The molecule has 0 heterocycles. The lowest BCUT2D eigenvalue weighted by Crippen LogP contribution is -2.42. The van der Waals surface area contributed by atoms with Gasteiger partial charge in [-0.3, -0.25) is 4.99 Å². The van der Waals surface area contributed by atoms with Gasteiger partial charge in [0.1, 0.15) is 0 Å². The van der Waals surface area contributed by atoms with E-state index in [1.54, 1.807) is 14.2 Å². The van der Waals surface area contributed by atoms with Crippen LogP contribution in [0.15, 0.2) is 4.99 Å². The predicted octanol–water partition coefficient (Wildman–Crippen LogP) is 0.336. The third kappa shape index (κ3) is 4.96. The Morgan fingerprint density at radius 1 is 1.67 bits per heavy atom. The molecule has 0 saturated carbocycles. The maximum absolute atomic E-state index is 5.52. The highest BCUT2D eigenvalue weighted by Crippen LogP contribution is 1.96. The number of rotatable bonds is 5. The standard InChI is InChI=1S/C8H19N3O/c1-4-5-7(6-12-3)11-8(9)10-2/h7H,4-6H2,1-3H3,(H3,9,10,11). The fourth-order valence-corrected chi connectivity index (χ4v) is 1.02. The highest BCUT2D eigenvalue weighted by atomic mass is 16.5. The Balaban J connectivity index is 3.77. The first kappa shape index (κ1) is 11.2. The molecule has 0 aromatic carbocycles. The summed E-state index contributed by atoms with van der Waals surface area (Å²) < 4.78 is 5.03. The van der Waals surface area contributed by atoms with Crippen LogP contribution in [0.5, 0.6) is 0 Å². The van der Waals surface area contributed by atoms with Crippen molar-refractivity contribution < 1.29 is 4.74 Å². The topological polar surface area (TPSA) is 59.6 Å². The molecule has 4 heteroatoms. The SMILES string of the molecule is CCCC(COC)NC(N)=NC. The molecular weight excluding hydrogens is 154 g/mol. The van der Waals surface area contributed by atoms with E-state index in [-0.39, 0.29) is 6.04 Å². The van der Waals surface area contributed by atoms with Crippen molar-refractivity contribution in [3.8, 4) is 0 Å². The molecule has 0 rings (SSSR count). The number of hydrogen-bond donors (Lipinski definition) is 2. The molecular formula is C8H19N3O. The van der Waals surface area contributed by atoms with Crippen LogP contribution in [0.4, 0.5) is 0 Å². The minimum atomic E-state index is 0.281. The number of ether oxygens (including phenoxy) is 1. The zero-order valence-corrected chi connectivity index (χ0v) is 8.13. The highest BCUT2D eigenvalue weighted by Gasteiger charge is 2.06. The van der Waals surface area contributed by atoms with E-state index in [0.717, 1.165) is 12.8 Å². The lowest BCUT2D eigenvalue weighted by Gasteiger charge is -2.17. The van der Waals surface area contributed by atoms with Crippen molar-refractivity contribution in [2.24, 2.45) is 10.7 Å². The van der Waals surface area contributed by atoms with Crippen molar-refractivity contribution in [3.63, 3.8) is 0 Å². The van der Waals surface area contributed by atoms with Gasteiger partial charge in [0, 0.05) is 14.2 Å². The molecule has 0 aliphatic heterocycles. The van der Waals surface area contributed by atoms with Crippen molar-refractivity contribution in [3.05, 3.63) is 0 Å². The molecule has 1 atom stereocenters. The van der Waals surface area contributed by atoms with Crippen LogP contribution in [0.25, 0.3) is 0 Å². The van der Waals surface area contributed by atoms with Crippen molar-refractivity contribution in [1.82, 2.24) is 5.32 Å². The van der Waals surface area contributed by atoms with E-state index in [1.807, 2.05) is 0 Å². The molecule has 72 valence electrons. The number of methoxy groups -OCH3 is 1. The monoisotopic (exact) mass is 173 g/mol. The van der Waals surface area contributed by atoms with Crippen LogP contribution >= 0.6 is 0 Å². The van der Waals surface area contributed by atoms with Crippen LogP contribution in [-0.4, -0.2) is 32.8 Å².